The fourth-order valence-corrected chi connectivity index (χ4v) is 2.90. The molecule has 3 heterocycles. The van der Waals surface area contributed by atoms with Gasteiger partial charge >= 0.3 is 0 Å². The van der Waals surface area contributed by atoms with Crippen molar-refractivity contribution in [2.75, 3.05) is 26.2 Å². The number of aromatic nitrogens is 3. The van der Waals surface area contributed by atoms with Crippen molar-refractivity contribution >= 4 is 5.96 Å². The van der Waals surface area contributed by atoms with Crippen LogP contribution in [-0.4, -0.2) is 52.0 Å². The van der Waals surface area contributed by atoms with Gasteiger partial charge in [0.25, 0.3) is 0 Å². The van der Waals surface area contributed by atoms with Crippen LogP contribution < -0.4 is 5.32 Å². The molecule has 1 saturated heterocycles. The predicted molar refractivity (Wildman–Crippen MR) is 98.9 cm³/mol. The summed E-state index contributed by atoms with van der Waals surface area (Å²) in [7, 11) is 1.92. The summed E-state index contributed by atoms with van der Waals surface area (Å²) < 4.78 is 13.1. The minimum atomic E-state index is -0.000806. The summed E-state index contributed by atoms with van der Waals surface area (Å²) in [5.74, 6) is 2.00. The first-order valence-electron chi connectivity index (χ1n) is 9.15. The smallest absolute Gasteiger partial charge is 0.194 e. The van der Waals surface area contributed by atoms with Crippen LogP contribution in [-0.2, 0) is 18.3 Å². The number of rotatable bonds is 5. The van der Waals surface area contributed by atoms with Crippen LogP contribution in [0.2, 0.25) is 0 Å². The van der Waals surface area contributed by atoms with E-state index in [1.165, 1.54) is 0 Å². The summed E-state index contributed by atoms with van der Waals surface area (Å²) in [6.07, 6.45) is 3.86. The maximum absolute atomic E-state index is 5.92. The van der Waals surface area contributed by atoms with E-state index in [4.69, 9.17) is 14.3 Å². The van der Waals surface area contributed by atoms with E-state index in [1.807, 2.05) is 25.5 Å². The summed E-state index contributed by atoms with van der Waals surface area (Å²) in [5, 5.41) is 11.7. The second-order valence-corrected chi connectivity index (χ2v) is 6.80. The van der Waals surface area contributed by atoms with Crippen molar-refractivity contribution in [3.05, 3.63) is 35.5 Å². The van der Waals surface area contributed by atoms with Gasteiger partial charge < -0.3 is 19.5 Å². The van der Waals surface area contributed by atoms with Crippen LogP contribution in [0.15, 0.2) is 28.0 Å². The minimum Gasteiger partial charge on any atom is -0.370 e. The number of hydrogen-bond donors (Lipinski definition) is 1. The maximum atomic E-state index is 5.92. The average molecular weight is 360 g/mol. The lowest BCUT2D eigenvalue weighted by molar-refractivity contribution is -0.00806. The molecule has 1 aliphatic rings. The van der Waals surface area contributed by atoms with Crippen LogP contribution in [0.5, 0.6) is 0 Å². The molecule has 0 bridgehead atoms. The molecule has 1 atom stereocenters. The molecule has 142 valence electrons. The van der Waals surface area contributed by atoms with Crippen molar-refractivity contribution in [2.45, 2.75) is 39.3 Å². The number of aliphatic imine (C=N–C) groups is 1. The van der Waals surface area contributed by atoms with Gasteiger partial charge in [0.2, 0.25) is 0 Å². The molecule has 0 amide bonds. The number of hydrogen-bond acceptors (Lipinski definition) is 5. The van der Waals surface area contributed by atoms with Gasteiger partial charge in [-0.1, -0.05) is 19.0 Å². The van der Waals surface area contributed by atoms with Crippen LogP contribution in [0.3, 0.4) is 0 Å². The quantitative estimate of drug-likeness (QED) is 0.649. The zero-order valence-corrected chi connectivity index (χ0v) is 16.0. The average Bonchev–Trinajstić information content (AvgIpc) is 3.28. The number of nitrogens with zero attached hydrogens (tertiary/aromatic N) is 5. The van der Waals surface area contributed by atoms with Crippen molar-refractivity contribution in [3.8, 4) is 0 Å². The minimum absolute atomic E-state index is 0.000806. The largest absolute Gasteiger partial charge is 0.370 e. The second kappa shape index (κ2) is 8.35. The van der Waals surface area contributed by atoms with Crippen molar-refractivity contribution in [1.82, 2.24) is 25.2 Å². The Kier molecular flexibility index (Phi) is 5.92. The number of aryl methyl sites for hydroxylation is 1. The van der Waals surface area contributed by atoms with E-state index in [0.717, 1.165) is 42.6 Å². The Labute approximate surface area is 154 Å². The van der Waals surface area contributed by atoms with Gasteiger partial charge in [0.1, 0.15) is 12.6 Å². The summed E-state index contributed by atoms with van der Waals surface area (Å²) in [4.78, 5) is 6.96. The highest BCUT2D eigenvalue weighted by Gasteiger charge is 2.25. The molecular weight excluding hydrogens is 332 g/mol. The molecule has 0 aliphatic carbocycles. The molecule has 3 rings (SSSR count). The predicted octanol–water partition coefficient (Wildman–Crippen LogP) is 2.07. The molecule has 8 nitrogen and oxygen atoms in total. The first-order valence-corrected chi connectivity index (χ1v) is 9.15. The molecule has 1 N–H and O–H groups in total. The van der Waals surface area contributed by atoms with Gasteiger partial charge in [0.15, 0.2) is 11.7 Å². The van der Waals surface area contributed by atoms with Gasteiger partial charge in [-0.2, -0.15) is 5.10 Å². The van der Waals surface area contributed by atoms with Gasteiger partial charge in [-0.25, -0.2) is 4.99 Å². The standard InChI is InChI=1S/C18H28N6O2/c1-5-19-18(20-10-15-8-16(13(2)3)22-26-15)24-6-7-25-17(12-24)14-9-21-23(4)11-14/h8-9,11,13,17H,5-7,10,12H2,1-4H3,(H,19,20). The molecule has 1 aliphatic heterocycles. The molecule has 1 fully saturated rings. The first kappa shape index (κ1) is 18.4. The van der Waals surface area contributed by atoms with E-state index in [1.54, 1.807) is 4.68 Å². The van der Waals surface area contributed by atoms with Gasteiger partial charge in [0, 0.05) is 38.0 Å². The highest BCUT2D eigenvalue weighted by atomic mass is 16.5. The Morgan fingerprint density at radius 2 is 2.31 bits per heavy atom. The van der Waals surface area contributed by atoms with Crippen molar-refractivity contribution in [3.63, 3.8) is 0 Å². The molecule has 0 aromatic carbocycles. The third-order valence-corrected chi connectivity index (χ3v) is 4.35. The highest BCUT2D eigenvalue weighted by Crippen LogP contribution is 2.22. The fourth-order valence-electron chi connectivity index (χ4n) is 2.90. The van der Waals surface area contributed by atoms with Crippen LogP contribution in [0.1, 0.15) is 49.8 Å². The zero-order valence-electron chi connectivity index (χ0n) is 16.0. The lowest BCUT2D eigenvalue weighted by Gasteiger charge is -2.34. The fraction of sp³-hybridized carbons (Fsp3) is 0.611. The van der Waals surface area contributed by atoms with Crippen LogP contribution in [0.4, 0.5) is 0 Å². The van der Waals surface area contributed by atoms with Gasteiger partial charge in [-0.15, -0.1) is 0 Å². The monoisotopic (exact) mass is 360 g/mol. The van der Waals surface area contributed by atoms with Crippen molar-refractivity contribution < 1.29 is 9.26 Å². The van der Waals surface area contributed by atoms with Gasteiger partial charge in [0.05, 0.1) is 25.0 Å². The van der Waals surface area contributed by atoms with E-state index in [-0.39, 0.29) is 6.10 Å². The number of ether oxygens (including phenoxy) is 1. The molecule has 26 heavy (non-hydrogen) atoms. The molecule has 0 radical (unpaired) electrons. The molecule has 0 saturated carbocycles. The Bertz CT molecular complexity index is 736. The van der Waals surface area contributed by atoms with Crippen molar-refractivity contribution in [1.29, 1.82) is 0 Å². The number of morpholine rings is 1. The third-order valence-electron chi connectivity index (χ3n) is 4.35. The Balaban J connectivity index is 1.69. The SMILES string of the molecule is CCNC(=NCc1cc(C(C)C)no1)N1CCOC(c2cnn(C)c2)C1. The normalized spacial score (nSPS) is 18.6. The van der Waals surface area contributed by atoms with E-state index in [2.05, 4.69) is 41.2 Å². The summed E-state index contributed by atoms with van der Waals surface area (Å²) in [5.41, 5.74) is 2.05. The summed E-state index contributed by atoms with van der Waals surface area (Å²) in [6.45, 7) is 9.74. The molecular formula is C18H28N6O2. The van der Waals surface area contributed by atoms with E-state index in [9.17, 15) is 0 Å². The van der Waals surface area contributed by atoms with Crippen LogP contribution in [0, 0.1) is 0 Å². The molecule has 2 aromatic rings. The summed E-state index contributed by atoms with van der Waals surface area (Å²) >= 11 is 0. The van der Waals surface area contributed by atoms with Crippen LogP contribution >= 0.6 is 0 Å². The third kappa shape index (κ3) is 4.43. The molecule has 2 aromatic heterocycles. The van der Waals surface area contributed by atoms with E-state index >= 15 is 0 Å². The van der Waals surface area contributed by atoms with Crippen LogP contribution in [0.25, 0.3) is 0 Å². The molecule has 1 unspecified atom stereocenters. The molecule has 8 heteroatoms. The van der Waals surface area contributed by atoms with E-state index < -0.39 is 0 Å². The topological polar surface area (TPSA) is 80.7 Å². The first-order chi connectivity index (χ1) is 12.6. The lowest BCUT2D eigenvalue weighted by Crippen LogP contribution is -2.48. The second-order valence-electron chi connectivity index (χ2n) is 6.80. The Hall–Kier alpha value is -2.35. The van der Waals surface area contributed by atoms with Gasteiger partial charge in [-0.3, -0.25) is 4.68 Å². The number of nitrogens with one attached hydrogen (secondary N) is 1. The maximum Gasteiger partial charge on any atom is 0.194 e. The lowest BCUT2D eigenvalue weighted by atomic mass is 10.1. The van der Waals surface area contributed by atoms with Crippen molar-refractivity contribution in [2.24, 2.45) is 12.0 Å². The molecule has 0 spiro atoms. The Morgan fingerprint density at radius 3 is 2.96 bits per heavy atom. The van der Waals surface area contributed by atoms with Gasteiger partial charge in [-0.05, 0) is 12.8 Å². The summed E-state index contributed by atoms with van der Waals surface area (Å²) in [6, 6.07) is 1.98. The number of guanidine groups is 1. The zero-order chi connectivity index (χ0) is 18.5. The highest BCUT2D eigenvalue weighted by molar-refractivity contribution is 5.80. The van der Waals surface area contributed by atoms with E-state index in [0.29, 0.717) is 19.1 Å². The Morgan fingerprint density at radius 1 is 1.46 bits per heavy atom.